The molecule has 294 valence electrons. The number of likely N-dealkylation sites (N-methyl/N-ethyl adjacent to an activating group) is 1. The summed E-state index contributed by atoms with van der Waals surface area (Å²) in [7, 11) is 3.97. The van der Waals surface area contributed by atoms with Gasteiger partial charge in [-0.3, -0.25) is 14.4 Å². The van der Waals surface area contributed by atoms with Crippen molar-refractivity contribution in [2.45, 2.75) is 63.3 Å². The van der Waals surface area contributed by atoms with E-state index in [1.165, 1.54) is 24.5 Å². The lowest BCUT2D eigenvalue weighted by molar-refractivity contribution is -0.148. The largest absolute Gasteiger partial charge is 0.493 e. The first-order valence-corrected chi connectivity index (χ1v) is 19.7. The van der Waals surface area contributed by atoms with Crippen LogP contribution in [0.25, 0.3) is 28.5 Å². The number of esters is 1. The van der Waals surface area contributed by atoms with Gasteiger partial charge in [0.05, 0.1) is 17.3 Å². The number of anilines is 1. The Bertz CT molecular complexity index is 2150. The zero-order valence-electron chi connectivity index (χ0n) is 32.1. The molecular weight excluding hydrogens is 734 g/mol. The average molecular weight is 782 g/mol. The van der Waals surface area contributed by atoms with Gasteiger partial charge in [0.25, 0.3) is 11.8 Å². The molecule has 2 aromatic heterocycles. The zero-order valence-corrected chi connectivity index (χ0v) is 32.9. The zero-order chi connectivity index (χ0) is 39.4. The third-order valence-electron chi connectivity index (χ3n) is 11.3. The second-order valence-corrected chi connectivity index (χ2v) is 15.4. The molecule has 2 aliphatic carbocycles. The summed E-state index contributed by atoms with van der Waals surface area (Å²) in [5.41, 5.74) is 3.48. The van der Waals surface area contributed by atoms with Crippen LogP contribution in [-0.4, -0.2) is 100 Å². The maximum Gasteiger partial charge on any atom is 0.331 e. The van der Waals surface area contributed by atoms with Gasteiger partial charge in [-0.15, -0.1) is 0 Å². The van der Waals surface area contributed by atoms with Crippen LogP contribution in [0.2, 0.25) is 5.02 Å². The molecule has 2 saturated carbocycles. The van der Waals surface area contributed by atoms with Crippen molar-refractivity contribution in [1.29, 1.82) is 0 Å². The van der Waals surface area contributed by atoms with Gasteiger partial charge in [0, 0.05) is 85.5 Å². The fourth-order valence-electron chi connectivity index (χ4n) is 7.94. The van der Waals surface area contributed by atoms with E-state index in [1.54, 1.807) is 41.6 Å². The number of carbonyl (C=O) groups is 4. The number of amides is 3. The minimum Gasteiger partial charge on any atom is -0.493 e. The summed E-state index contributed by atoms with van der Waals surface area (Å²) >= 11 is 6.12. The summed E-state index contributed by atoms with van der Waals surface area (Å²) in [4.78, 5) is 65.6. The molecular formula is C42H48ClN7O6. The van der Waals surface area contributed by atoms with Crippen LogP contribution >= 0.6 is 11.6 Å². The molecule has 3 aliphatic rings. The number of halogens is 1. The highest BCUT2D eigenvalue weighted by Gasteiger charge is 2.45. The third-order valence-corrected chi connectivity index (χ3v) is 11.5. The molecule has 1 aliphatic heterocycles. The number of aromatic nitrogens is 3. The molecule has 0 spiro atoms. The van der Waals surface area contributed by atoms with E-state index in [0.717, 1.165) is 48.9 Å². The summed E-state index contributed by atoms with van der Waals surface area (Å²) in [6, 6.07) is 10.8. The van der Waals surface area contributed by atoms with Crippen molar-refractivity contribution < 1.29 is 28.7 Å². The van der Waals surface area contributed by atoms with Crippen LogP contribution in [0, 0.1) is 0 Å². The van der Waals surface area contributed by atoms with E-state index in [0.29, 0.717) is 71.9 Å². The van der Waals surface area contributed by atoms with Crippen molar-refractivity contribution >= 4 is 58.0 Å². The summed E-state index contributed by atoms with van der Waals surface area (Å²) in [6.07, 6.45) is 12.3. The Labute approximate surface area is 331 Å². The minimum absolute atomic E-state index is 0.222. The van der Waals surface area contributed by atoms with E-state index >= 15 is 0 Å². The molecule has 0 radical (unpaired) electrons. The third kappa shape index (κ3) is 8.29. The molecule has 3 amide bonds. The topological polar surface area (TPSA) is 148 Å². The second kappa shape index (κ2) is 16.8. The standard InChI is InChI=1S/C42H48ClN7O6/c1-4-55-34-23-31(13-10-27(34)12-15-36(52)56-26-35(51)50-20-18-48(2)19-21-50)46-41(54)42(16-7-17-42)47-40(53)29-11-14-32-33(22-29)49(3)38(37(32)28-8-5-6-9-28)39-44-24-30(43)25-45-39/h10-15,22-25,28H,4-9,16-21,26H2,1-3H3,(H,46,54)(H,47,53)/b15-12+. The number of rotatable bonds is 12. The quantitative estimate of drug-likeness (QED) is 0.131. The lowest BCUT2D eigenvalue weighted by atomic mass is 9.75. The normalized spacial score (nSPS) is 17.2. The monoisotopic (exact) mass is 781 g/mol. The molecule has 0 bridgehead atoms. The van der Waals surface area contributed by atoms with Crippen molar-refractivity contribution in [2.24, 2.45) is 7.05 Å². The number of fused-ring (bicyclic) bond motifs is 1. The lowest BCUT2D eigenvalue weighted by Gasteiger charge is -2.40. The maximum absolute atomic E-state index is 13.9. The predicted octanol–water partition coefficient (Wildman–Crippen LogP) is 5.97. The Kier molecular flexibility index (Phi) is 11.7. The van der Waals surface area contributed by atoms with Crippen molar-refractivity contribution in [1.82, 2.24) is 29.7 Å². The van der Waals surface area contributed by atoms with Gasteiger partial charge in [-0.1, -0.05) is 30.5 Å². The van der Waals surface area contributed by atoms with Crippen molar-refractivity contribution in [2.75, 3.05) is 51.8 Å². The van der Waals surface area contributed by atoms with Crippen LogP contribution in [0.5, 0.6) is 5.75 Å². The van der Waals surface area contributed by atoms with Crippen LogP contribution in [0.15, 0.2) is 54.9 Å². The Morgan fingerprint density at radius 2 is 1.70 bits per heavy atom. The Morgan fingerprint density at radius 1 is 0.964 bits per heavy atom. The molecule has 3 heterocycles. The van der Waals surface area contributed by atoms with Crippen LogP contribution in [0.1, 0.15) is 79.3 Å². The molecule has 0 atom stereocenters. The van der Waals surface area contributed by atoms with Gasteiger partial charge < -0.3 is 34.5 Å². The second-order valence-electron chi connectivity index (χ2n) is 14.9. The SMILES string of the molecule is CCOc1cc(NC(=O)C2(NC(=O)c3ccc4c(C5CCCC5)c(-c5ncc(Cl)cn5)n(C)c4c3)CCC2)ccc1/C=C/C(=O)OCC(=O)N1CCN(C)CC1. The summed E-state index contributed by atoms with van der Waals surface area (Å²) in [6.45, 7) is 4.63. The predicted molar refractivity (Wildman–Crippen MR) is 215 cm³/mol. The van der Waals surface area contributed by atoms with Crippen LogP contribution in [-0.2, 0) is 26.2 Å². The molecule has 2 N–H and O–H groups in total. The highest BCUT2D eigenvalue weighted by molar-refractivity contribution is 6.30. The number of nitrogens with one attached hydrogen (secondary N) is 2. The van der Waals surface area contributed by atoms with E-state index in [-0.39, 0.29) is 24.3 Å². The van der Waals surface area contributed by atoms with Crippen molar-refractivity contribution in [3.63, 3.8) is 0 Å². The van der Waals surface area contributed by atoms with E-state index < -0.39 is 11.5 Å². The van der Waals surface area contributed by atoms with Crippen LogP contribution in [0.4, 0.5) is 5.69 Å². The average Bonchev–Trinajstić information content (AvgIpc) is 3.81. The molecule has 14 heteroatoms. The summed E-state index contributed by atoms with van der Waals surface area (Å²) in [5.74, 6) is -0.106. The lowest BCUT2D eigenvalue weighted by Crippen LogP contribution is -2.61. The van der Waals surface area contributed by atoms with E-state index in [1.807, 2.05) is 39.2 Å². The molecule has 7 rings (SSSR count). The summed E-state index contributed by atoms with van der Waals surface area (Å²) < 4.78 is 13.1. The number of hydrogen-bond acceptors (Lipinski definition) is 9. The van der Waals surface area contributed by atoms with Crippen molar-refractivity contribution in [3.05, 3.63) is 76.6 Å². The van der Waals surface area contributed by atoms with Gasteiger partial charge in [0.15, 0.2) is 12.4 Å². The minimum atomic E-state index is -1.08. The number of aryl methyl sites for hydroxylation is 1. The Balaban J connectivity index is 1.03. The molecule has 1 saturated heterocycles. The molecule has 0 unspecified atom stereocenters. The number of hydrogen-bond donors (Lipinski definition) is 2. The summed E-state index contributed by atoms with van der Waals surface area (Å²) in [5, 5.41) is 7.58. The maximum atomic E-state index is 13.9. The highest BCUT2D eigenvalue weighted by atomic mass is 35.5. The highest BCUT2D eigenvalue weighted by Crippen LogP contribution is 2.44. The van der Waals surface area contributed by atoms with Gasteiger partial charge in [-0.2, -0.15) is 0 Å². The first-order valence-electron chi connectivity index (χ1n) is 19.4. The van der Waals surface area contributed by atoms with Crippen LogP contribution in [0.3, 0.4) is 0 Å². The molecule has 4 aromatic rings. The van der Waals surface area contributed by atoms with Gasteiger partial charge in [-0.05, 0) is 87.9 Å². The molecule has 56 heavy (non-hydrogen) atoms. The Morgan fingerprint density at radius 3 is 2.38 bits per heavy atom. The van der Waals surface area contributed by atoms with E-state index in [2.05, 4.69) is 30.1 Å². The fraction of sp³-hybridized carbons (Fsp3) is 0.429. The smallest absolute Gasteiger partial charge is 0.331 e. The first kappa shape index (κ1) is 39.0. The molecule has 3 fully saturated rings. The molecule has 2 aromatic carbocycles. The first-order chi connectivity index (χ1) is 27.0. The van der Waals surface area contributed by atoms with Gasteiger partial charge >= 0.3 is 5.97 Å². The molecule has 13 nitrogen and oxygen atoms in total. The van der Waals surface area contributed by atoms with Gasteiger partial charge in [0.2, 0.25) is 5.91 Å². The Hall–Kier alpha value is -5.27. The van der Waals surface area contributed by atoms with Crippen LogP contribution < -0.4 is 15.4 Å². The van der Waals surface area contributed by atoms with E-state index in [9.17, 15) is 19.2 Å². The van der Waals surface area contributed by atoms with Gasteiger partial charge in [-0.25, -0.2) is 14.8 Å². The number of ether oxygens (including phenoxy) is 2. The number of nitrogens with zero attached hydrogens (tertiary/aromatic N) is 5. The number of benzene rings is 2. The van der Waals surface area contributed by atoms with Crippen molar-refractivity contribution in [3.8, 4) is 17.3 Å². The van der Waals surface area contributed by atoms with Gasteiger partial charge in [0.1, 0.15) is 11.3 Å². The number of piperazine rings is 1. The number of carbonyl (C=O) groups excluding carboxylic acids is 4. The fourth-order valence-corrected chi connectivity index (χ4v) is 8.03. The van der Waals surface area contributed by atoms with E-state index in [4.69, 9.17) is 21.1 Å².